The zero-order chi connectivity index (χ0) is 26.6. The van der Waals surface area contributed by atoms with Gasteiger partial charge in [0.2, 0.25) is 5.78 Å². The van der Waals surface area contributed by atoms with E-state index in [2.05, 4.69) is 39.8 Å². The van der Waals surface area contributed by atoms with Gasteiger partial charge in [-0.2, -0.15) is 0 Å². The Kier molecular flexibility index (Phi) is 7.14. The predicted molar refractivity (Wildman–Crippen MR) is 142 cm³/mol. The molecule has 2 saturated carbocycles. The summed E-state index contributed by atoms with van der Waals surface area (Å²) in [6.45, 7) is 18.9. The van der Waals surface area contributed by atoms with E-state index in [1.165, 1.54) is 5.57 Å². The van der Waals surface area contributed by atoms with Crippen molar-refractivity contribution in [3.8, 4) is 0 Å². The number of aliphatic carboxylic acids is 1. The minimum Gasteiger partial charge on any atom is -0.504 e. The van der Waals surface area contributed by atoms with E-state index in [4.69, 9.17) is 0 Å². The van der Waals surface area contributed by atoms with Gasteiger partial charge in [-0.1, -0.05) is 65.7 Å². The number of carboxylic acids is 1. The van der Waals surface area contributed by atoms with Gasteiger partial charge in [-0.05, 0) is 92.8 Å². The van der Waals surface area contributed by atoms with Crippen molar-refractivity contribution in [1.29, 1.82) is 0 Å². The average molecular weight is 483 g/mol. The molecule has 5 atom stereocenters. The van der Waals surface area contributed by atoms with Crippen molar-refractivity contribution in [2.75, 3.05) is 0 Å². The number of carbonyl (C=O) groups is 2. The molecule has 0 spiro atoms. The summed E-state index contributed by atoms with van der Waals surface area (Å²) in [6.07, 6.45) is 11.9. The summed E-state index contributed by atoms with van der Waals surface area (Å²) < 4.78 is 0. The normalized spacial score (nSPS) is 36.5. The molecule has 4 heteroatoms. The van der Waals surface area contributed by atoms with Crippen molar-refractivity contribution >= 4 is 11.8 Å². The molecule has 4 nitrogen and oxygen atoms in total. The van der Waals surface area contributed by atoms with E-state index >= 15 is 0 Å². The molecular weight excluding hydrogens is 436 g/mol. The van der Waals surface area contributed by atoms with Gasteiger partial charge >= 0.3 is 5.97 Å². The lowest BCUT2D eigenvalue weighted by Gasteiger charge is -2.63. The van der Waals surface area contributed by atoms with Crippen molar-refractivity contribution in [3.63, 3.8) is 0 Å². The fraction of sp³-hybridized carbons (Fsp3) is 0.677. The first kappa shape index (κ1) is 27.5. The van der Waals surface area contributed by atoms with Crippen LogP contribution in [-0.2, 0) is 9.59 Å². The van der Waals surface area contributed by atoms with Gasteiger partial charge in [-0.15, -0.1) is 0 Å². The molecule has 2 N–H and O–H groups in total. The fourth-order valence-electron chi connectivity index (χ4n) is 7.66. The largest absolute Gasteiger partial charge is 0.504 e. The maximum atomic E-state index is 12.5. The monoisotopic (exact) mass is 482 g/mol. The number of allylic oxidation sites excluding steroid dienone is 7. The van der Waals surface area contributed by atoms with Crippen LogP contribution in [0.25, 0.3) is 0 Å². The van der Waals surface area contributed by atoms with Gasteiger partial charge in [0.05, 0.1) is 5.41 Å². The van der Waals surface area contributed by atoms with Crippen molar-refractivity contribution < 1.29 is 19.8 Å². The standard InChI is InChI=1S/C29H40O4.C2H6/c1-8-27(5)13-14-29(7)19(21(27)16-26(3,4)25(32)33)11-12-28(6)20-15-22(30)24(31)17(2)18(20)9-10-23(28)29;1-2/h9-10,15,19,21,31H,8,11-14,16H2,1-7H3,(H,32,33);1-2H3. The van der Waals surface area contributed by atoms with Crippen LogP contribution >= 0.6 is 0 Å². The maximum Gasteiger partial charge on any atom is 0.309 e. The number of carbonyl (C=O) groups excluding carboxylic acids is 1. The summed E-state index contributed by atoms with van der Waals surface area (Å²) >= 11 is 0. The average Bonchev–Trinajstić information content (AvgIpc) is 2.81. The third-order valence-corrected chi connectivity index (χ3v) is 10.3. The van der Waals surface area contributed by atoms with Crippen LogP contribution in [0.15, 0.2) is 46.3 Å². The van der Waals surface area contributed by atoms with Gasteiger partial charge in [0.15, 0.2) is 5.76 Å². The molecule has 0 heterocycles. The molecule has 194 valence electrons. The molecule has 0 radical (unpaired) electrons. The summed E-state index contributed by atoms with van der Waals surface area (Å²) in [5.74, 6) is -0.411. The second kappa shape index (κ2) is 9.09. The molecule has 4 aliphatic carbocycles. The number of aliphatic hydroxyl groups is 1. The Hall–Kier alpha value is -2.10. The first-order valence-electron chi connectivity index (χ1n) is 13.5. The number of rotatable bonds is 4. The zero-order valence-electron chi connectivity index (χ0n) is 23.3. The van der Waals surface area contributed by atoms with Gasteiger partial charge in [-0.25, -0.2) is 0 Å². The number of hydrogen-bond acceptors (Lipinski definition) is 3. The maximum absolute atomic E-state index is 12.5. The number of hydrogen-bond donors (Lipinski definition) is 2. The van der Waals surface area contributed by atoms with E-state index in [1.807, 2.05) is 34.6 Å². The molecule has 0 bridgehead atoms. The molecule has 4 aliphatic rings. The van der Waals surface area contributed by atoms with Crippen LogP contribution in [0.4, 0.5) is 0 Å². The first-order valence-corrected chi connectivity index (χ1v) is 13.5. The van der Waals surface area contributed by atoms with Crippen LogP contribution in [0.1, 0.15) is 101 Å². The summed E-state index contributed by atoms with van der Waals surface area (Å²) in [7, 11) is 0. The molecule has 35 heavy (non-hydrogen) atoms. The first-order chi connectivity index (χ1) is 16.2. The van der Waals surface area contributed by atoms with E-state index < -0.39 is 11.4 Å². The Morgan fingerprint density at radius 1 is 1.11 bits per heavy atom. The Bertz CT molecular complexity index is 1040. The van der Waals surface area contributed by atoms with Crippen LogP contribution in [0.3, 0.4) is 0 Å². The van der Waals surface area contributed by atoms with Gasteiger partial charge in [0.25, 0.3) is 0 Å². The zero-order valence-corrected chi connectivity index (χ0v) is 23.3. The summed E-state index contributed by atoms with van der Waals surface area (Å²) in [5, 5.41) is 20.2. The third kappa shape index (κ3) is 4.05. The van der Waals surface area contributed by atoms with Crippen molar-refractivity contribution in [2.45, 2.75) is 101 Å². The van der Waals surface area contributed by atoms with E-state index in [9.17, 15) is 19.8 Å². The lowest BCUT2D eigenvalue weighted by atomic mass is 9.41. The number of fused-ring (bicyclic) bond motifs is 5. The number of carboxylic acid groups (broad SMARTS) is 1. The molecule has 0 aliphatic heterocycles. The fourth-order valence-corrected chi connectivity index (χ4v) is 7.66. The van der Waals surface area contributed by atoms with Crippen LogP contribution in [0.2, 0.25) is 0 Å². The minimum atomic E-state index is -0.758. The molecule has 0 saturated heterocycles. The van der Waals surface area contributed by atoms with Gasteiger partial charge in [0, 0.05) is 11.0 Å². The quantitative estimate of drug-likeness (QED) is 0.426. The van der Waals surface area contributed by atoms with Crippen LogP contribution in [0.5, 0.6) is 0 Å². The molecular formula is C31H46O4. The topological polar surface area (TPSA) is 74.6 Å². The summed E-state index contributed by atoms with van der Waals surface area (Å²) in [4.78, 5) is 24.6. The summed E-state index contributed by atoms with van der Waals surface area (Å²) in [5.41, 5.74) is 3.19. The molecule has 2 fully saturated rings. The Labute approximate surface area is 212 Å². The molecule has 0 aromatic heterocycles. The highest BCUT2D eigenvalue weighted by Crippen LogP contribution is 2.69. The van der Waals surface area contributed by atoms with Gasteiger partial charge in [0.1, 0.15) is 0 Å². The lowest BCUT2D eigenvalue weighted by molar-refractivity contribution is -0.151. The van der Waals surface area contributed by atoms with Crippen LogP contribution in [0, 0.1) is 33.5 Å². The number of aliphatic hydroxyl groups excluding tert-OH is 1. The molecule has 0 amide bonds. The lowest BCUT2D eigenvalue weighted by Crippen LogP contribution is -2.54. The van der Waals surface area contributed by atoms with Crippen molar-refractivity contribution in [3.05, 3.63) is 46.3 Å². The van der Waals surface area contributed by atoms with E-state index in [0.717, 1.165) is 43.3 Å². The Morgan fingerprint density at radius 2 is 1.74 bits per heavy atom. The van der Waals surface area contributed by atoms with Crippen LogP contribution in [-0.4, -0.2) is 22.0 Å². The second-order valence-electron chi connectivity index (χ2n) is 12.5. The van der Waals surface area contributed by atoms with E-state index in [0.29, 0.717) is 23.8 Å². The SMILES string of the molecule is CC.CCC1(C)CCC2(C)C3=CC=C4C(=CC(=O)C(O)=C4C)C3(C)CCC2C1CC(C)(C)C(=O)O. The van der Waals surface area contributed by atoms with E-state index in [1.54, 1.807) is 6.08 Å². The smallest absolute Gasteiger partial charge is 0.309 e. The molecule has 0 aromatic carbocycles. The van der Waals surface area contributed by atoms with Crippen molar-refractivity contribution in [2.24, 2.45) is 33.5 Å². The highest BCUT2D eigenvalue weighted by Gasteiger charge is 2.60. The Balaban J connectivity index is 0.00000167. The van der Waals surface area contributed by atoms with Crippen LogP contribution < -0.4 is 0 Å². The second-order valence-corrected chi connectivity index (χ2v) is 12.5. The van der Waals surface area contributed by atoms with Gasteiger partial charge in [-0.3, -0.25) is 9.59 Å². The highest BCUT2D eigenvalue weighted by molar-refractivity contribution is 6.06. The molecule has 4 rings (SSSR count). The minimum absolute atomic E-state index is 0.0377. The van der Waals surface area contributed by atoms with Crippen molar-refractivity contribution in [1.82, 2.24) is 0 Å². The number of ketones is 1. The predicted octanol–water partition coefficient (Wildman–Crippen LogP) is 7.97. The molecule has 0 aromatic rings. The molecule has 5 unspecified atom stereocenters. The highest BCUT2D eigenvalue weighted by atomic mass is 16.4. The summed E-state index contributed by atoms with van der Waals surface area (Å²) in [6, 6.07) is 0. The Morgan fingerprint density at radius 3 is 2.31 bits per heavy atom. The van der Waals surface area contributed by atoms with Gasteiger partial charge < -0.3 is 10.2 Å². The van der Waals surface area contributed by atoms with E-state index in [-0.39, 0.29) is 27.8 Å². The third-order valence-electron chi connectivity index (χ3n) is 10.3.